The Bertz CT molecular complexity index is 1770. The Hall–Kier alpha value is -4.01. The predicted molar refractivity (Wildman–Crippen MR) is 172 cm³/mol. The SMILES string of the molecule is C=C(F)C(=O)N1CCN(c2nc(OCC34CC(N(C)C)(C3)C4)nc3c2CCN(c2cccc4ccc(F)c(Cl)c24)C3)C[C@@H]1CC#N. The molecule has 12 heteroatoms. The molecule has 3 saturated carbocycles. The molecule has 0 unspecified atom stereocenters. The zero-order valence-corrected chi connectivity index (χ0v) is 26.8. The van der Waals surface area contributed by atoms with E-state index in [1.807, 2.05) is 18.2 Å². The van der Waals surface area contributed by atoms with Gasteiger partial charge in [-0.25, -0.2) is 8.78 Å². The van der Waals surface area contributed by atoms with Crippen LogP contribution in [0.5, 0.6) is 6.01 Å². The highest BCUT2D eigenvalue weighted by Gasteiger charge is 2.69. The second-order valence-electron chi connectivity index (χ2n) is 13.5. The van der Waals surface area contributed by atoms with Gasteiger partial charge in [-0.05, 0) is 57.3 Å². The molecule has 2 bridgehead atoms. The van der Waals surface area contributed by atoms with Crippen molar-refractivity contribution in [2.75, 3.05) is 56.7 Å². The molecule has 9 nitrogen and oxygen atoms in total. The molecule has 1 aromatic heterocycles. The van der Waals surface area contributed by atoms with E-state index >= 15 is 0 Å². The summed E-state index contributed by atoms with van der Waals surface area (Å²) in [6.45, 7) is 5.70. The second-order valence-corrected chi connectivity index (χ2v) is 13.8. The van der Waals surface area contributed by atoms with E-state index in [0.717, 1.165) is 41.6 Å². The van der Waals surface area contributed by atoms with Crippen molar-refractivity contribution in [2.24, 2.45) is 5.41 Å². The Balaban J connectivity index is 1.21. The van der Waals surface area contributed by atoms with Crippen LogP contribution >= 0.6 is 11.6 Å². The van der Waals surface area contributed by atoms with Gasteiger partial charge in [0.05, 0.1) is 42.4 Å². The molecule has 5 aliphatic rings. The summed E-state index contributed by atoms with van der Waals surface area (Å²) < 4.78 is 34.8. The van der Waals surface area contributed by atoms with Gasteiger partial charge < -0.3 is 24.3 Å². The van der Waals surface area contributed by atoms with Crippen molar-refractivity contribution in [1.29, 1.82) is 5.26 Å². The molecule has 8 rings (SSSR count). The van der Waals surface area contributed by atoms with Crippen molar-refractivity contribution in [3.63, 3.8) is 0 Å². The first-order chi connectivity index (χ1) is 22.0. The van der Waals surface area contributed by atoms with Crippen molar-refractivity contribution in [1.82, 2.24) is 19.8 Å². The largest absolute Gasteiger partial charge is 0.463 e. The lowest BCUT2D eigenvalue weighted by Crippen LogP contribution is -2.74. The number of anilines is 2. The molecule has 46 heavy (non-hydrogen) atoms. The minimum atomic E-state index is -1.04. The lowest BCUT2D eigenvalue weighted by molar-refractivity contribution is -0.220. The summed E-state index contributed by atoms with van der Waals surface area (Å²) in [6, 6.07) is 10.8. The molecule has 2 aromatic carbocycles. The number of ether oxygens (including phenoxy) is 1. The van der Waals surface area contributed by atoms with Gasteiger partial charge in [0.25, 0.3) is 5.91 Å². The van der Waals surface area contributed by atoms with Crippen LogP contribution in [0, 0.1) is 22.6 Å². The molecular formula is C34H36ClF2N7O2. The third-order valence-electron chi connectivity index (χ3n) is 10.4. The molecule has 3 aliphatic carbocycles. The minimum Gasteiger partial charge on any atom is -0.463 e. The molecule has 4 fully saturated rings. The van der Waals surface area contributed by atoms with E-state index in [-0.39, 0.29) is 35.0 Å². The zero-order valence-electron chi connectivity index (χ0n) is 26.0. The summed E-state index contributed by atoms with van der Waals surface area (Å²) in [4.78, 5) is 30.3. The van der Waals surface area contributed by atoms with Crippen LogP contribution < -0.4 is 14.5 Å². The summed E-state index contributed by atoms with van der Waals surface area (Å²) >= 11 is 6.50. The third-order valence-corrected chi connectivity index (χ3v) is 10.8. The molecule has 1 saturated heterocycles. The van der Waals surface area contributed by atoms with Crippen LogP contribution in [0.4, 0.5) is 20.3 Å². The van der Waals surface area contributed by atoms with Crippen molar-refractivity contribution >= 4 is 39.8 Å². The van der Waals surface area contributed by atoms with Crippen LogP contribution in [-0.2, 0) is 17.8 Å². The van der Waals surface area contributed by atoms with Crippen LogP contribution in [0.1, 0.15) is 36.9 Å². The molecule has 240 valence electrons. The molecule has 1 atom stereocenters. The second kappa shape index (κ2) is 11.4. The maximum absolute atomic E-state index is 14.6. The summed E-state index contributed by atoms with van der Waals surface area (Å²) in [7, 11) is 4.25. The maximum Gasteiger partial charge on any atom is 0.318 e. The average molecular weight is 648 g/mol. The average Bonchev–Trinajstić information content (AvgIpc) is 3.00. The van der Waals surface area contributed by atoms with Crippen molar-refractivity contribution in [2.45, 2.75) is 50.2 Å². The zero-order chi connectivity index (χ0) is 32.4. The number of nitrogens with zero attached hydrogens (tertiary/aromatic N) is 7. The summed E-state index contributed by atoms with van der Waals surface area (Å²) in [5.41, 5.74) is 3.00. The van der Waals surface area contributed by atoms with Gasteiger partial charge in [0, 0.05) is 53.8 Å². The smallest absolute Gasteiger partial charge is 0.318 e. The molecule has 0 radical (unpaired) electrons. The van der Waals surface area contributed by atoms with E-state index < -0.39 is 23.6 Å². The molecule has 0 N–H and O–H groups in total. The number of benzene rings is 2. The minimum absolute atomic E-state index is 0.0501. The molecular weight excluding hydrogens is 612 g/mol. The van der Waals surface area contributed by atoms with Crippen LogP contribution in [0.2, 0.25) is 5.02 Å². The number of hydrogen-bond acceptors (Lipinski definition) is 8. The number of aromatic nitrogens is 2. The molecule has 3 heterocycles. The number of piperazine rings is 1. The molecule has 1 amide bonds. The Morgan fingerprint density at radius 2 is 1.96 bits per heavy atom. The highest BCUT2D eigenvalue weighted by molar-refractivity contribution is 6.36. The van der Waals surface area contributed by atoms with Crippen molar-refractivity contribution < 1.29 is 18.3 Å². The topological polar surface area (TPSA) is 88.8 Å². The first-order valence-corrected chi connectivity index (χ1v) is 16.0. The van der Waals surface area contributed by atoms with Gasteiger partial charge in [-0.1, -0.05) is 36.4 Å². The standard InChI is InChI=1S/C34H36ClF2N7O2/c1-21(36)31(45)44-14-13-43(15-23(44)9-11-38)30-24-10-12-42(27-6-4-5-22-7-8-25(37)29(35)28(22)27)16-26(24)39-32(40-30)46-20-33-17-34(18-33,19-33)41(2)3/h4-8,23H,1,9-10,12-20H2,2-3H3/t23-,33?,34?/m0/s1. The number of hydrogen-bond donors (Lipinski definition) is 0. The third kappa shape index (κ3) is 5.03. The lowest BCUT2D eigenvalue weighted by atomic mass is 9.39. The summed E-state index contributed by atoms with van der Waals surface area (Å²) in [6.07, 6.45) is 3.91. The van der Waals surface area contributed by atoms with E-state index in [4.69, 9.17) is 26.3 Å². The summed E-state index contributed by atoms with van der Waals surface area (Å²) in [5, 5.41) is 11.1. The Morgan fingerprint density at radius 3 is 2.67 bits per heavy atom. The fourth-order valence-electron chi connectivity index (χ4n) is 8.01. The molecule has 2 aliphatic heterocycles. The number of halogens is 3. The molecule has 3 aromatic rings. The van der Waals surface area contributed by atoms with Crippen LogP contribution in [0.25, 0.3) is 10.8 Å². The number of nitriles is 1. The van der Waals surface area contributed by atoms with Crippen LogP contribution in [0.3, 0.4) is 0 Å². The number of fused-ring (bicyclic) bond motifs is 2. The first-order valence-electron chi connectivity index (χ1n) is 15.6. The van der Waals surface area contributed by atoms with Gasteiger partial charge in [0.1, 0.15) is 11.6 Å². The van der Waals surface area contributed by atoms with Gasteiger partial charge >= 0.3 is 6.01 Å². The van der Waals surface area contributed by atoms with Gasteiger partial charge in [-0.15, -0.1) is 0 Å². The van der Waals surface area contributed by atoms with Crippen molar-refractivity contribution in [3.8, 4) is 12.1 Å². The highest BCUT2D eigenvalue weighted by atomic mass is 35.5. The van der Waals surface area contributed by atoms with E-state index in [9.17, 15) is 18.8 Å². The Labute approximate surface area is 272 Å². The Morgan fingerprint density at radius 1 is 1.17 bits per heavy atom. The van der Waals surface area contributed by atoms with Gasteiger partial charge in [-0.2, -0.15) is 15.2 Å². The number of carbonyl (C=O) groups is 1. The number of carbonyl (C=O) groups excluding carboxylic acids is 1. The Kier molecular flexibility index (Phi) is 7.56. The quantitative estimate of drug-likeness (QED) is 0.306. The van der Waals surface area contributed by atoms with Gasteiger partial charge in [0.15, 0.2) is 5.83 Å². The first kappa shape index (κ1) is 30.6. The van der Waals surface area contributed by atoms with Crippen LogP contribution in [0.15, 0.2) is 42.7 Å². The predicted octanol–water partition coefficient (Wildman–Crippen LogP) is 5.26. The van der Waals surface area contributed by atoms with E-state index in [1.165, 1.54) is 11.0 Å². The lowest BCUT2D eigenvalue weighted by Gasteiger charge is -2.72. The highest BCUT2D eigenvalue weighted by Crippen LogP contribution is 2.69. The molecule has 0 spiro atoms. The maximum atomic E-state index is 14.6. The number of rotatable bonds is 8. The normalized spacial score (nSPS) is 25.1. The van der Waals surface area contributed by atoms with E-state index in [1.54, 1.807) is 6.07 Å². The fourth-order valence-corrected chi connectivity index (χ4v) is 8.28. The van der Waals surface area contributed by atoms with Crippen LogP contribution in [-0.4, -0.2) is 84.1 Å². The van der Waals surface area contributed by atoms with E-state index in [2.05, 4.69) is 41.4 Å². The van der Waals surface area contributed by atoms with E-state index in [0.29, 0.717) is 50.4 Å². The fraction of sp³-hybridized carbons (Fsp3) is 0.471. The monoisotopic (exact) mass is 647 g/mol. The van der Waals surface area contributed by atoms with Gasteiger partial charge in [0.2, 0.25) is 0 Å². The van der Waals surface area contributed by atoms with Crippen molar-refractivity contribution in [3.05, 3.63) is 64.8 Å². The number of amides is 1. The van der Waals surface area contributed by atoms with Gasteiger partial charge in [-0.3, -0.25) is 4.79 Å². The summed E-state index contributed by atoms with van der Waals surface area (Å²) in [5.74, 6) is -1.59.